The van der Waals surface area contributed by atoms with Crippen molar-refractivity contribution in [3.05, 3.63) is 12.2 Å². The molecule has 33 heavy (non-hydrogen) atoms. The highest BCUT2D eigenvalue weighted by Gasteiger charge is 2.34. The molecule has 0 bridgehead atoms. The number of allylic oxidation sites excluding steroid dienone is 2. The molecule has 0 aliphatic carbocycles. The van der Waals surface area contributed by atoms with E-state index in [0.717, 1.165) is 23.9 Å². The molecule has 3 nitrogen and oxygen atoms in total. The van der Waals surface area contributed by atoms with Crippen LogP contribution in [0.25, 0.3) is 0 Å². The maximum atomic E-state index is 11.5. The summed E-state index contributed by atoms with van der Waals surface area (Å²) in [4.78, 5) is 0. The van der Waals surface area contributed by atoms with E-state index in [1.165, 1.54) is 109 Å². The Balaban J connectivity index is 3.56. The summed E-state index contributed by atoms with van der Waals surface area (Å²) in [6.07, 6.45) is 30.1. The first-order valence-electron chi connectivity index (χ1n) is 14.5. The van der Waals surface area contributed by atoms with Crippen molar-refractivity contribution in [3.8, 4) is 0 Å². The van der Waals surface area contributed by atoms with E-state index in [1.54, 1.807) is 0 Å². The molecule has 0 aromatic heterocycles. The van der Waals surface area contributed by atoms with Crippen LogP contribution in [0.4, 0.5) is 0 Å². The molecule has 4 heteroatoms. The Hall–Kier alpha value is -0.400. The molecule has 0 heterocycles. The second kappa shape index (κ2) is 22.1. The van der Waals surface area contributed by atoms with Gasteiger partial charge >= 0.3 is 7.68 Å². The van der Waals surface area contributed by atoms with Crippen LogP contribution in [0.3, 0.4) is 0 Å². The van der Waals surface area contributed by atoms with Crippen molar-refractivity contribution in [1.29, 1.82) is 0 Å². The van der Waals surface area contributed by atoms with Crippen LogP contribution in [0.1, 0.15) is 143 Å². The third-order valence-electron chi connectivity index (χ3n) is 7.61. The Morgan fingerprint density at radius 2 is 1.03 bits per heavy atom. The molecule has 0 aromatic rings. The van der Waals surface area contributed by atoms with Crippen molar-refractivity contribution in [1.82, 2.24) is 0 Å². The van der Waals surface area contributed by atoms with Crippen LogP contribution in [0.15, 0.2) is 12.2 Å². The maximum Gasteiger partial charge on any atom is 0.324 e. The molecule has 0 amide bonds. The minimum absolute atomic E-state index is 0.221. The zero-order valence-electron chi connectivity index (χ0n) is 23.2. The lowest BCUT2D eigenvalue weighted by Crippen LogP contribution is -2.52. The molecule has 0 fully saturated rings. The molecule has 196 valence electrons. The van der Waals surface area contributed by atoms with Crippen LogP contribution in [-0.4, -0.2) is 36.8 Å². The molecule has 0 saturated carbocycles. The summed E-state index contributed by atoms with van der Waals surface area (Å²) >= 11 is 0. The van der Waals surface area contributed by atoms with Gasteiger partial charge in [-0.25, -0.2) is 9.13 Å². The van der Waals surface area contributed by atoms with E-state index in [1.807, 2.05) is 6.92 Å². The van der Waals surface area contributed by atoms with Crippen LogP contribution >= 0.6 is 7.68 Å². The summed E-state index contributed by atoms with van der Waals surface area (Å²) < 4.78 is 23.9. The summed E-state index contributed by atoms with van der Waals surface area (Å²) in [5.74, 6) is 0. The van der Waals surface area contributed by atoms with Crippen LogP contribution in [0.5, 0.6) is 0 Å². The Morgan fingerprint density at radius 3 is 1.42 bits per heavy atom. The molecular weight excluding hydrogens is 425 g/mol. The average Bonchev–Trinajstić information content (AvgIpc) is 2.79. The van der Waals surface area contributed by atoms with E-state index in [2.05, 4.69) is 40.1 Å². The minimum atomic E-state index is -2.34. The van der Waals surface area contributed by atoms with Gasteiger partial charge < -0.3 is 4.48 Å². The lowest BCUT2D eigenvalue weighted by Gasteiger charge is -2.38. The minimum Gasteiger partial charge on any atom is -0.325 e. The first-order valence-corrected chi connectivity index (χ1v) is 15.7. The van der Waals surface area contributed by atoms with Gasteiger partial charge in [-0.2, -0.15) is 0 Å². The lowest BCUT2D eigenvalue weighted by molar-refractivity contribution is -0.913. The van der Waals surface area contributed by atoms with Gasteiger partial charge in [-0.05, 0) is 46.0 Å². The Morgan fingerprint density at radius 1 is 0.636 bits per heavy atom. The fourth-order valence-electron chi connectivity index (χ4n) is 4.86. The molecule has 0 aromatic carbocycles. The van der Waals surface area contributed by atoms with E-state index >= 15 is 0 Å². The second-order valence-electron chi connectivity index (χ2n) is 10.8. The van der Waals surface area contributed by atoms with Crippen LogP contribution in [0, 0.1) is 0 Å². The number of rotatable bonds is 24. The summed E-state index contributed by atoms with van der Waals surface area (Å²) in [5, 5.41) is 0. The fourth-order valence-corrected chi connectivity index (χ4v) is 5.65. The van der Waals surface area contributed by atoms with E-state index in [0.29, 0.717) is 0 Å². The smallest absolute Gasteiger partial charge is 0.324 e. The van der Waals surface area contributed by atoms with Gasteiger partial charge in [0.1, 0.15) is 11.7 Å². The molecule has 0 radical (unpaired) electrons. The van der Waals surface area contributed by atoms with Crippen LogP contribution in [0.2, 0.25) is 0 Å². The predicted octanol–water partition coefficient (Wildman–Crippen LogP) is 10.0. The Labute approximate surface area is 208 Å². The molecule has 0 rings (SSSR count). The predicted molar refractivity (Wildman–Crippen MR) is 147 cm³/mol. The summed E-state index contributed by atoms with van der Waals surface area (Å²) in [7, 11) is 2.00. The molecular formula is C29H59NO2P+. The van der Waals surface area contributed by atoms with E-state index < -0.39 is 7.68 Å². The topological polar surface area (TPSA) is 34.1 Å². The zero-order valence-corrected chi connectivity index (χ0v) is 24.1. The Kier molecular flexibility index (Phi) is 21.8. The zero-order chi connectivity index (χ0) is 24.8. The van der Waals surface area contributed by atoms with E-state index in [4.69, 9.17) is 0 Å². The van der Waals surface area contributed by atoms with Gasteiger partial charge in [-0.1, -0.05) is 103 Å². The highest BCUT2D eigenvalue weighted by atomic mass is 31.1. The Bertz CT molecular complexity index is 520. The van der Waals surface area contributed by atoms with Gasteiger partial charge in [0.2, 0.25) is 0 Å². The normalized spacial score (nSPS) is 14.1. The number of hydrogen-bond acceptors (Lipinski definition) is 2. The van der Waals surface area contributed by atoms with Crippen molar-refractivity contribution in [3.63, 3.8) is 0 Å². The monoisotopic (exact) mass is 484 g/mol. The second-order valence-corrected chi connectivity index (χ2v) is 12.2. The summed E-state index contributed by atoms with van der Waals surface area (Å²) in [6.45, 7) is 7.31. The van der Waals surface area contributed by atoms with Crippen LogP contribution < -0.4 is 0 Å². The SMILES string of the molecule is CCCCCCCCCCCC=CCCCCCCCCCC(C(C)P(=O)=O)[N+](C)(C)CC. The molecule has 0 saturated heterocycles. The van der Waals surface area contributed by atoms with Crippen LogP contribution in [-0.2, 0) is 9.13 Å². The van der Waals surface area contributed by atoms with Gasteiger partial charge in [0.15, 0.2) is 0 Å². The largest absolute Gasteiger partial charge is 0.325 e. The molecule has 0 N–H and O–H groups in total. The number of nitrogens with zero attached hydrogens (tertiary/aromatic N) is 1. The van der Waals surface area contributed by atoms with Gasteiger partial charge in [0.05, 0.1) is 20.6 Å². The number of hydrogen-bond donors (Lipinski definition) is 0. The van der Waals surface area contributed by atoms with Crippen molar-refractivity contribution in [2.45, 2.75) is 154 Å². The van der Waals surface area contributed by atoms with Crippen molar-refractivity contribution in [2.24, 2.45) is 0 Å². The number of unbranched alkanes of at least 4 members (excludes halogenated alkanes) is 16. The molecule has 0 aliphatic rings. The van der Waals surface area contributed by atoms with E-state index in [9.17, 15) is 9.13 Å². The van der Waals surface area contributed by atoms with Gasteiger partial charge in [-0.3, -0.25) is 0 Å². The summed E-state index contributed by atoms with van der Waals surface area (Å²) in [5.41, 5.74) is -0.233. The standard InChI is InChI=1S/C29H59NO2P/c1-6-8-9-10-11-12-13-14-15-16-17-18-19-20-21-22-23-24-25-26-27-29(28(3)33(31)32)30(4,5)7-2/h17-18,28-29H,6-16,19-27H2,1-5H3/q+1. The molecule has 0 spiro atoms. The first-order chi connectivity index (χ1) is 15.9. The highest BCUT2D eigenvalue weighted by Crippen LogP contribution is 2.28. The maximum absolute atomic E-state index is 11.5. The van der Waals surface area contributed by atoms with E-state index in [-0.39, 0.29) is 11.7 Å². The van der Waals surface area contributed by atoms with Crippen molar-refractivity contribution < 1.29 is 13.6 Å². The van der Waals surface area contributed by atoms with Crippen molar-refractivity contribution >= 4 is 7.68 Å². The third kappa shape index (κ3) is 18.6. The lowest BCUT2D eigenvalue weighted by atomic mass is 10.0. The van der Waals surface area contributed by atoms with Gasteiger partial charge in [0.25, 0.3) is 0 Å². The summed E-state index contributed by atoms with van der Waals surface area (Å²) in [6, 6.07) is 0.221. The number of quaternary nitrogens is 1. The average molecular weight is 485 g/mol. The quantitative estimate of drug-likeness (QED) is 0.0591. The molecule has 2 atom stereocenters. The molecule has 2 unspecified atom stereocenters. The fraction of sp³-hybridized carbons (Fsp3) is 0.931. The highest BCUT2D eigenvalue weighted by molar-refractivity contribution is 7.31. The van der Waals surface area contributed by atoms with Gasteiger partial charge in [-0.15, -0.1) is 0 Å². The molecule has 0 aliphatic heterocycles. The third-order valence-corrected chi connectivity index (χ3v) is 8.62. The van der Waals surface area contributed by atoms with Gasteiger partial charge in [0, 0.05) is 6.42 Å². The first kappa shape index (κ1) is 32.6. The van der Waals surface area contributed by atoms with Crippen molar-refractivity contribution in [2.75, 3.05) is 20.6 Å².